The Kier molecular flexibility index (Phi) is 5.48. The smallest absolute Gasteiger partial charge is 0.410 e. The van der Waals surface area contributed by atoms with Crippen molar-refractivity contribution in [3.05, 3.63) is 28.5 Å². The fourth-order valence-electron chi connectivity index (χ4n) is 3.00. The average Bonchev–Trinajstić information content (AvgIpc) is 2.65. The summed E-state index contributed by atoms with van der Waals surface area (Å²) in [6.45, 7) is 7.23. The monoisotopic (exact) mass is 416 g/mol. The number of aromatic nitrogens is 2. The number of benzene rings is 1. The van der Waals surface area contributed by atoms with Gasteiger partial charge in [-0.1, -0.05) is 11.6 Å². The second-order valence-corrected chi connectivity index (χ2v) is 8.06. The summed E-state index contributed by atoms with van der Waals surface area (Å²) in [5.74, 6) is -0.426. The van der Waals surface area contributed by atoms with Gasteiger partial charge in [0.1, 0.15) is 17.5 Å². The molecule has 0 saturated carbocycles. The summed E-state index contributed by atoms with van der Waals surface area (Å²) in [7, 11) is 0. The Labute approximate surface area is 173 Å². The number of ether oxygens (including phenoxy) is 1. The molecule has 1 aromatic heterocycles. The molecule has 0 unspecified atom stereocenters. The Morgan fingerprint density at radius 3 is 2.41 bits per heavy atom. The lowest BCUT2D eigenvalue weighted by atomic mass is 10.1. The lowest BCUT2D eigenvalue weighted by Gasteiger charge is -2.36. The van der Waals surface area contributed by atoms with E-state index in [2.05, 4.69) is 9.97 Å². The second kappa shape index (κ2) is 7.72. The number of primary amides is 1. The molecule has 1 aliphatic rings. The third kappa shape index (κ3) is 4.49. The van der Waals surface area contributed by atoms with E-state index < -0.39 is 11.5 Å². The number of fused-ring (bicyclic) bond motifs is 1. The third-order valence-electron chi connectivity index (χ3n) is 4.34. The molecular formula is C19H21ClN6O3. The van der Waals surface area contributed by atoms with Crippen LogP contribution in [0.5, 0.6) is 0 Å². The third-order valence-corrected chi connectivity index (χ3v) is 4.65. The molecule has 2 N–H and O–H groups in total. The molecule has 29 heavy (non-hydrogen) atoms. The van der Waals surface area contributed by atoms with Crippen molar-refractivity contribution in [2.24, 2.45) is 5.73 Å². The number of halogens is 1. The van der Waals surface area contributed by atoms with Gasteiger partial charge in [-0.05, 0) is 32.9 Å². The number of hydrogen-bond donors (Lipinski definition) is 1. The van der Waals surface area contributed by atoms with Crippen LogP contribution >= 0.6 is 11.6 Å². The highest BCUT2D eigenvalue weighted by atomic mass is 35.5. The number of nitrogens with two attached hydrogens (primary N) is 1. The van der Waals surface area contributed by atoms with Gasteiger partial charge in [0.05, 0.1) is 16.1 Å². The number of nitriles is 1. The Morgan fingerprint density at radius 2 is 1.86 bits per heavy atom. The summed E-state index contributed by atoms with van der Waals surface area (Å²) in [5, 5.41) is 10.1. The van der Waals surface area contributed by atoms with E-state index in [0.29, 0.717) is 42.9 Å². The molecule has 9 nitrogen and oxygen atoms in total. The zero-order valence-electron chi connectivity index (χ0n) is 16.4. The minimum absolute atomic E-state index is 0.136. The first-order valence-electron chi connectivity index (χ1n) is 9.03. The maximum absolute atomic E-state index is 12.3. The van der Waals surface area contributed by atoms with Crippen molar-refractivity contribution < 1.29 is 14.3 Å². The van der Waals surface area contributed by atoms with Crippen molar-refractivity contribution in [3.8, 4) is 6.07 Å². The fourth-order valence-corrected chi connectivity index (χ4v) is 3.20. The largest absolute Gasteiger partial charge is 0.444 e. The quantitative estimate of drug-likeness (QED) is 0.795. The predicted molar refractivity (Wildman–Crippen MR) is 108 cm³/mol. The number of nitrogens with zero attached hydrogens (tertiary/aromatic N) is 5. The number of carbonyl (C=O) groups is 2. The molecule has 1 fully saturated rings. The summed E-state index contributed by atoms with van der Waals surface area (Å²) in [6.07, 6.45) is -0.374. The first kappa shape index (κ1) is 20.6. The van der Waals surface area contributed by atoms with Crippen LogP contribution in [-0.4, -0.2) is 58.6 Å². The SMILES string of the molecule is CC(C)(C)OC(=O)N1CCN(c2nc(C(N)=O)nc3cc(Cl)c(C#N)cc23)CC1. The van der Waals surface area contributed by atoms with Crippen LogP contribution in [0, 0.1) is 11.3 Å². The van der Waals surface area contributed by atoms with Gasteiger partial charge < -0.3 is 20.3 Å². The average molecular weight is 417 g/mol. The molecule has 0 radical (unpaired) electrons. The normalized spacial score (nSPS) is 14.6. The van der Waals surface area contributed by atoms with Crippen LogP contribution < -0.4 is 10.6 Å². The van der Waals surface area contributed by atoms with Crippen molar-refractivity contribution in [3.63, 3.8) is 0 Å². The molecule has 10 heteroatoms. The van der Waals surface area contributed by atoms with Gasteiger partial charge in [0.25, 0.3) is 5.91 Å². The highest BCUT2D eigenvalue weighted by Gasteiger charge is 2.28. The van der Waals surface area contributed by atoms with Gasteiger partial charge in [-0.2, -0.15) is 5.26 Å². The maximum Gasteiger partial charge on any atom is 0.410 e. The first-order valence-corrected chi connectivity index (χ1v) is 9.41. The van der Waals surface area contributed by atoms with Crippen LogP contribution in [-0.2, 0) is 4.74 Å². The number of amides is 2. The zero-order chi connectivity index (χ0) is 21.3. The van der Waals surface area contributed by atoms with Crippen molar-refractivity contribution in [1.29, 1.82) is 5.26 Å². The number of piperazine rings is 1. The van der Waals surface area contributed by atoms with Gasteiger partial charge in [0.2, 0.25) is 5.82 Å². The number of hydrogen-bond acceptors (Lipinski definition) is 7. The van der Waals surface area contributed by atoms with E-state index in [1.54, 1.807) is 11.0 Å². The maximum atomic E-state index is 12.3. The fraction of sp³-hybridized carbons (Fsp3) is 0.421. The topological polar surface area (TPSA) is 125 Å². The minimum atomic E-state index is -0.763. The van der Waals surface area contributed by atoms with Crippen LogP contribution in [0.1, 0.15) is 37.0 Å². The molecule has 3 rings (SSSR count). The van der Waals surface area contributed by atoms with E-state index in [9.17, 15) is 14.9 Å². The van der Waals surface area contributed by atoms with E-state index in [-0.39, 0.29) is 22.5 Å². The summed E-state index contributed by atoms with van der Waals surface area (Å²) >= 11 is 6.11. The highest BCUT2D eigenvalue weighted by Crippen LogP contribution is 2.30. The van der Waals surface area contributed by atoms with Crippen LogP contribution in [0.4, 0.5) is 10.6 Å². The van der Waals surface area contributed by atoms with Crippen molar-refractivity contribution in [1.82, 2.24) is 14.9 Å². The second-order valence-electron chi connectivity index (χ2n) is 7.65. The molecule has 0 aliphatic carbocycles. The number of carbonyl (C=O) groups excluding carboxylic acids is 2. The molecule has 1 aliphatic heterocycles. The van der Waals surface area contributed by atoms with Gasteiger partial charge in [-0.25, -0.2) is 14.8 Å². The molecule has 2 amide bonds. The Hall–Kier alpha value is -3.12. The summed E-state index contributed by atoms with van der Waals surface area (Å²) in [4.78, 5) is 36.0. The van der Waals surface area contributed by atoms with Gasteiger partial charge in [-0.15, -0.1) is 0 Å². The Balaban J connectivity index is 1.92. The van der Waals surface area contributed by atoms with E-state index >= 15 is 0 Å². The molecule has 1 aromatic carbocycles. The molecule has 0 bridgehead atoms. The van der Waals surface area contributed by atoms with Crippen LogP contribution in [0.3, 0.4) is 0 Å². The summed E-state index contributed by atoms with van der Waals surface area (Å²) in [6, 6.07) is 5.14. The predicted octanol–water partition coefficient (Wildman–Crippen LogP) is 2.31. The lowest BCUT2D eigenvalue weighted by Crippen LogP contribution is -2.50. The molecule has 152 valence electrons. The molecule has 2 aromatic rings. The number of anilines is 1. The summed E-state index contributed by atoms with van der Waals surface area (Å²) < 4.78 is 5.41. The van der Waals surface area contributed by atoms with Crippen LogP contribution in [0.2, 0.25) is 5.02 Å². The lowest BCUT2D eigenvalue weighted by molar-refractivity contribution is 0.0240. The minimum Gasteiger partial charge on any atom is -0.444 e. The zero-order valence-corrected chi connectivity index (χ0v) is 17.2. The van der Waals surface area contributed by atoms with Crippen molar-refractivity contribution in [2.45, 2.75) is 26.4 Å². The van der Waals surface area contributed by atoms with E-state index in [0.717, 1.165) is 0 Å². The van der Waals surface area contributed by atoms with Gasteiger partial charge in [0, 0.05) is 31.6 Å². The van der Waals surface area contributed by atoms with E-state index in [4.69, 9.17) is 22.1 Å². The van der Waals surface area contributed by atoms with Gasteiger partial charge in [-0.3, -0.25) is 4.79 Å². The first-order chi connectivity index (χ1) is 13.6. The van der Waals surface area contributed by atoms with E-state index in [1.165, 1.54) is 6.07 Å². The molecule has 1 saturated heterocycles. The standard InChI is InChI=1S/C19H21ClN6O3/c1-19(2,3)29-18(28)26-6-4-25(5-7-26)17-12-8-11(10-21)13(20)9-14(12)23-16(24-17)15(22)27/h8-9H,4-7H2,1-3H3,(H2,22,27). The van der Waals surface area contributed by atoms with Crippen LogP contribution in [0.15, 0.2) is 12.1 Å². The highest BCUT2D eigenvalue weighted by molar-refractivity contribution is 6.32. The Bertz CT molecular complexity index is 1020. The van der Waals surface area contributed by atoms with Crippen molar-refractivity contribution >= 4 is 40.3 Å². The van der Waals surface area contributed by atoms with E-state index in [1.807, 2.05) is 31.7 Å². The summed E-state index contributed by atoms with van der Waals surface area (Å²) in [5.41, 5.74) is 5.51. The van der Waals surface area contributed by atoms with Gasteiger partial charge in [0.15, 0.2) is 0 Å². The Morgan fingerprint density at radius 1 is 1.21 bits per heavy atom. The molecule has 0 spiro atoms. The number of rotatable bonds is 2. The van der Waals surface area contributed by atoms with Crippen molar-refractivity contribution in [2.75, 3.05) is 31.1 Å². The van der Waals surface area contributed by atoms with Crippen LogP contribution in [0.25, 0.3) is 10.9 Å². The molecular weight excluding hydrogens is 396 g/mol. The molecule has 0 atom stereocenters. The molecule has 2 heterocycles. The van der Waals surface area contributed by atoms with Gasteiger partial charge >= 0.3 is 6.09 Å².